The zero-order chi connectivity index (χ0) is 19.7. The first kappa shape index (κ1) is 18.3. The van der Waals surface area contributed by atoms with E-state index in [9.17, 15) is 9.18 Å². The van der Waals surface area contributed by atoms with Gasteiger partial charge in [0.15, 0.2) is 5.76 Å². The van der Waals surface area contributed by atoms with Gasteiger partial charge in [-0.3, -0.25) is 4.79 Å². The molecule has 0 spiro atoms. The quantitative estimate of drug-likeness (QED) is 0.510. The fraction of sp³-hybridized carbons (Fsp3) is 0.0870. The molecule has 1 aliphatic heterocycles. The molecule has 1 aliphatic rings. The van der Waals surface area contributed by atoms with Gasteiger partial charge in [-0.25, -0.2) is 4.39 Å². The van der Waals surface area contributed by atoms with Gasteiger partial charge < -0.3 is 9.47 Å². The molecular formula is C23H16ClFO3. The number of fused-ring (bicyclic) bond motifs is 1. The second-order valence-electron chi connectivity index (χ2n) is 6.41. The van der Waals surface area contributed by atoms with E-state index in [4.69, 9.17) is 21.1 Å². The Hall–Kier alpha value is -3.11. The van der Waals surface area contributed by atoms with Gasteiger partial charge in [-0.05, 0) is 37.3 Å². The van der Waals surface area contributed by atoms with Gasteiger partial charge in [0.1, 0.15) is 23.9 Å². The van der Waals surface area contributed by atoms with Crippen LogP contribution in [0.15, 0.2) is 66.4 Å². The second-order valence-corrected chi connectivity index (χ2v) is 6.81. The lowest BCUT2D eigenvalue weighted by Crippen LogP contribution is -1.99. The van der Waals surface area contributed by atoms with Crippen molar-refractivity contribution in [2.75, 3.05) is 0 Å². The van der Waals surface area contributed by atoms with Crippen molar-refractivity contribution in [2.45, 2.75) is 13.5 Å². The molecular weight excluding hydrogens is 379 g/mol. The molecule has 0 aromatic heterocycles. The number of ether oxygens (including phenoxy) is 2. The van der Waals surface area contributed by atoms with Gasteiger partial charge in [0.05, 0.1) is 5.56 Å². The first-order chi connectivity index (χ1) is 13.5. The molecule has 0 aliphatic carbocycles. The van der Waals surface area contributed by atoms with E-state index in [-0.39, 0.29) is 11.5 Å². The third-order valence-electron chi connectivity index (χ3n) is 4.57. The van der Waals surface area contributed by atoms with Crippen LogP contribution in [0.2, 0.25) is 5.02 Å². The fourth-order valence-corrected chi connectivity index (χ4v) is 3.22. The Balaban J connectivity index is 1.60. The Kier molecular flexibility index (Phi) is 4.88. The fourth-order valence-electron chi connectivity index (χ4n) is 3.03. The summed E-state index contributed by atoms with van der Waals surface area (Å²) < 4.78 is 25.5. The Morgan fingerprint density at radius 3 is 2.61 bits per heavy atom. The van der Waals surface area contributed by atoms with Gasteiger partial charge in [0, 0.05) is 21.7 Å². The van der Waals surface area contributed by atoms with E-state index in [1.807, 2.05) is 25.1 Å². The molecule has 3 aromatic carbocycles. The number of halogens is 2. The molecule has 0 fully saturated rings. The summed E-state index contributed by atoms with van der Waals surface area (Å²) >= 11 is 6.16. The predicted octanol–water partition coefficient (Wildman–Crippen LogP) is 5.98. The Morgan fingerprint density at radius 2 is 1.82 bits per heavy atom. The van der Waals surface area contributed by atoms with Crippen LogP contribution in [0.4, 0.5) is 4.39 Å². The summed E-state index contributed by atoms with van der Waals surface area (Å²) in [5, 5.41) is 0.628. The molecule has 0 atom stereocenters. The lowest BCUT2D eigenvalue weighted by atomic mass is 10.1. The second kappa shape index (κ2) is 7.49. The molecule has 3 aromatic rings. The monoisotopic (exact) mass is 394 g/mol. The lowest BCUT2D eigenvalue weighted by Gasteiger charge is -2.12. The van der Waals surface area contributed by atoms with Crippen LogP contribution in [-0.4, -0.2) is 5.78 Å². The van der Waals surface area contributed by atoms with Crippen molar-refractivity contribution < 1.29 is 18.7 Å². The summed E-state index contributed by atoms with van der Waals surface area (Å²) in [5.74, 6) is 0.427. The summed E-state index contributed by atoms with van der Waals surface area (Å²) in [6, 6.07) is 17.1. The largest absolute Gasteiger partial charge is 0.488 e. The van der Waals surface area contributed by atoms with Crippen molar-refractivity contribution in [3.05, 3.63) is 99.5 Å². The minimum atomic E-state index is -0.414. The third-order valence-corrected chi connectivity index (χ3v) is 4.94. The first-order valence-electron chi connectivity index (χ1n) is 8.73. The third kappa shape index (κ3) is 3.39. The predicted molar refractivity (Wildman–Crippen MR) is 106 cm³/mol. The molecule has 0 unspecified atom stereocenters. The number of hydrogen-bond acceptors (Lipinski definition) is 3. The van der Waals surface area contributed by atoms with Crippen molar-refractivity contribution in [1.82, 2.24) is 0 Å². The van der Waals surface area contributed by atoms with Crippen LogP contribution >= 0.6 is 11.6 Å². The summed E-state index contributed by atoms with van der Waals surface area (Å²) in [7, 11) is 0. The molecule has 0 radical (unpaired) electrons. The van der Waals surface area contributed by atoms with Gasteiger partial charge in [0.25, 0.3) is 0 Å². The molecule has 5 heteroatoms. The molecule has 28 heavy (non-hydrogen) atoms. The minimum Gasteiger partial charge on any atom is -0.488 e. The first-order valence-corrected chi connectivity index (χ1v) is 9.11. The van der Waals surface area contributed by atoms with E-state index in [0.717, 1.165) is 5.56 Å². The summed E-state index contributed by atoms with van der Waals surface area (Å²) in [5.41, 5.74) is 2.30. The highest BCUT2D eigenvalue weighted by Crippen LogP contribution is 2.39. The number of rotatable bonds is 4. The van der Waals surface area contributed by atoms with Crippen LogP contribution in [0.1, 0.15) is 27.0 Å². The van der Waals surface area contributed by atoms with E-state index < -0.39 is 5.82 Å². The zero-order valence-electron chi connectivity index (χ0n) is 15.0. The van der Waals surface area contributed by atoms with E-state index in [0.29, 0.717) is 39.8 Å². The maximum Gasteiger partial charge on any atom is 0.231 e. The van der Waals surface area contributed by atoms with Crippen molar-refractivity contribution in [3.8, 4) is 11.5 Å². The molecule has 1 heterocycles. The van der Waals surface area contributed by atoms with Gasteiger partial charge in [-0.15, -0.1) is 0 Å². The van der Waals surface area contributed by atoms with Crippen LogP contribution in [0.25, 0.3) is 6.08 Å². The topological polar surface area (TPSA) is 35.5 Å². The van der Waals surface area contributed by atoms with Crippen molar-refractivity contribution in [2.24, 2.45) is 0 Å². The number of carbonyl (C=O) groups excluding carboxylic acids is 1. The Bertz CT molecular complexity index is 1100. The van der Waals surface area contributed by atoms with E-state index in [1.165, 1.54) is 12.1 Å². The molecule has 0 saturated heterocycles. The SMILES string of the molecule is Cc1c(OCc2ccccc2Cl)ccc2c1O/C(=C\c1ccccc1F)C2=O. The lowest BCUT2D eigenvalue weighted by molar-refractivity contribution is 0.101. The standard InChI is InChI=1S/C23H16ClFO3/c1-14-20(27-13-16-7-2-4-8-18(16)24)11-10-17-22(26)21(28-23(14)17)12-15-6-3-5-9-19(15)25/h2-12H,13H2,1H3/b21-12-. The maximum atomic E-state index is 13.9. The van der Waals surface area contributed by atoms with Crippen molar-refractivity contribution >= 4 is 23.5 Å². The normalized spacial score (nSPS) is 14.1. The summed E-state index contributed by atoms with van der Waals surface area (Å²) in [6.07, 6.45) is 1.42. The maximum absolute atomic E-state index is 13.9. The average Bonchev–Trinajstić information content (AvgIpc) is 3.01. The Morgan fingerprint density at radius 1 is 1.07 bits per heavy atom. The molecule has 0 saturated carbocycles. The van der Waals surface area contributed by atoms with Gasteiger partial charge in [-0.2, -0.15) is 0 Å². The minimum absolute atomic E-state index is 0.0893. The number of benzene rings is 3. The van der Waals surface area contributed by atoms with Gasteiger partial charge >= 0.3 is 0 Å². The molecule has 4 rings (SSSR count). The van der Waals surface area contributed by atoms with Crippen LogP contribution < -0.4 is 9.47 Å². The summed E-state index contributed by atoms with van der Waals surface area (Å²) in [6.45, 7) is 2.12. The molecule has 140 valence electrons. The molecule has 0 amide bonds. The highest BCUT2D eigenvalue weighted by Gasteiger charge is 2.30. The number of hydrogen-bond donors (Lipinski definition) is 0. The van der Waals surface area contributed by atoms with Crippen molar-refractivity contribution in [3.63, 3.8) is 0 Å². The summed E-state index contributed by atoms with van der Waals surface area (Å²) in [4.78, 5) is 12.6. The highest BCUT2D eigenvalue weighted by molar-refractivity contribution is 6.31. The molecule has 3 nitrogen and oxygen atoms in total. The van der Waals surface area contributed by atoms with Crippen LogP contribution in [0.3, 0.4) is 0 Å². The van der Waals surface area contributed by atoms with Crippen molar-refractivity contribution in [1.29, 1.82) is 0 Å². The number of Topliss-reactive ketones (excluding diaryl/α,β-unsaturated/α-hetero) is 1. The van der Waals surface area contributed by atoms with Crippen LogP contribution in [0.5, 0.6) is 11.5 Å². The van der Waals surface area contributed by atoms with Gasteiger partial charge in [-0.1, -0.05) is 48.0 Å². The Labute approximate surface area is 167 Å². The van der Waals surface area contributed by atoms with Gasteiger partial charge in [0.2, 0.25) is 5.78 Å². The van der Waals surface area contributed by atoms with Crippen LogP contribution in [-0.2, 0) is 6.61 Å². The average molecular weight is 395 g/mol. The number of allylic oxidation sites excluding steroid dienone is 1. The number of ketones is 1. The molecule has 0 N–H and O–H groups in total. The number of carbonyl (C=O) groups is 1. The van der Waals surface area contributed by atoms with Crippen LogP contribution in [0, 0.1) is 12.7 Å². The van der Waals surface area contributed by atoms with E-state index in [1.54, 1.807) is 36.4 Å². The molecule has 0 bridgehead atoms. The van der Waals surface area contributed by atoms with E-state index >= 15 is 0 Å². The van der Waals surface area contributed by atoms with E-state index in [2.05, 4.69) is 0 Å². The smallest absolute Gasteiger partial charge is 0.231 e. The zero-order valence-corrected chi connectivity index (χ0v) is 15.8. The highest BCUT2D eigenvalue weighted by atomic mass is 35.5.